The van der Waals surface area contributed by atoms with Gasteiger partial charge in [-0.05, 0) is 56.8 Å². The summed E-state index contributed by atoms with van der Waals surface area (Å²) in [5, 5.41) is 93.5. The fourth-order valence-corrected chi connectivity index (χ4v) is 4.48. The number of nitrogens with one attached hydrogen (secondary N) is 1. The molecule has 0 amide bonds. The van der Waals surface area contributed by atoms with Crippen LogP contribution in [0.3, 0.4) is 0 Å². The summed E-state index contributed by atoms with van der Waals surface area (Å²) in [6.45, 7) is 9.23. The zero-order valence-electron chi connectivity index (χ0n) is 28.4. The molecule has 0 rings (SSSR count). The standard InChI is InChI=1S/C34H65N3O9/c1-5-24(38)18-25(39)10-6-14-29(43)21-32(46)22-30(44)15-8-13-27(41)19-26(40)11-7-12-28(42)20-31(45)16-9-17-36-33(35)37-23-34(2,3)4/h6-8,10-11,15,24-32,38-46H,5,9,12-14,16-23H2,1-4H3,(H3,35,36,37)/b10-6+,11-7+,15-8+. The number of nitrogens with two attached hydrogens (primary N) is 1. The van der Waals surface area contributed by atoms with Crippen molar-refractivity contribution in [1.82, 2.24) is 5.32 Å². The highest BCUT2D eigenvalue weighted by atomic mass is 16.3. The first kappa shape index (κ1) is 44.1. The Balaban J connectivity index is 4.19. The molecule has 0 fully saturated rings. The Morgan fingerprint density at radius 2 is 1.04 bits per heavy atom. The second-order valence-electron chi connectivity index (χ2n) is 13.5. The maximum Gasteiger partial charge on any atom is 0.188 e. The summed E-state index contributed by atoms with van der Waals surface area (Å²) < 4.78 is 0. The maximum absolute atomic E-state index is 10.2. The number of aliphatic hydroxyl groups is 9. The SMILES string of the molecule is CCC(O)CC(O)/C=C/CC(O)CC(O)CC(O)/C=C/CC(O)CC(O)/C=C/CC(O)CC(O)CCCNC(N)=NCC(C)(C)C. The Morgan fingerprint density at radius 1 is 0.630 bits per heavy atom. The van der Waals surface area contributed by atoms with Gasteiger partial charge in [0, 0.05) is 32.4 Å². The van der Waals surface area contributed by atoms with Crippen LogP contribution in [0, 0.1) is 5.41 Å². The van der Waals surface area contributed by atoms with Crippen molar-refractivity contribution >= 4 is 5.96 Å². The largest absolute Gasteiger partial charge is 0.393 e. The normalized spacial score (nSPS) is 19.3. The molecule has 0 aromatic rings. The fraction of sp³-hybridized carbons (Fsp3) is 0.794. The van der Waals surface area contributed by atoms with Crippen molar-refractivity contribution in [1.29, 1.82) is 0 Å². The van der Waals surface area contributed by atoms with Gasteiger partial charge in [-0.1, -0.05) is 64.2 Å². The molecule has 12 nitrogen and oxygen atoms in total. The van der Waals surface area contributed by atoms with Gasteiger partial charge < -0.3 is 57.0 Å². The van der Waals surface area contributed by atoms with E-state index in [0.29, 0.717) is 38.3 Å². The van der Waals surface area contributed by atoms with E-state index in [-0.39, 0.29) is 56.8 Å². The van der Waals surface area contributed by atoms with Gasteiger partial charge in [-0.2, -0.15) is 0 Å². The zero-order valence-corrected chi connectivity index (χ0v) is 28.4. The molecule has 0 radical (unpaired) electrons. The van der Waals surface area contributed by atoms with Crippen LogP contribution in [0.5, 0.6) is 0 Å². The van der Waals surface area contributed by atoms with Crippen LogP contribution < -0.4 is 11.1 Å². The Labute approximate surface area is 276 Å². The summed E-state index contributed by atoms with van der Waals surface area (Å²) >= 11 is 0. The molecule has 46 heavy (non-hydrogen) atoms. The number of aliphatic imine (C=N–C) groups is 1. The number of hydrogen-bond donors (Lipinski definition) is 11. The van der Waals surface area contributed by atoms with Gasteiger partial charge in [0.2, 0.25) is 0 Å². The van der Waals surface area contributed by atoms with Gasteiger partial charge in [-0.3, -0.25) is 4.99 Å². The summed E-state index contributed by atoms with van der Waals surface area (Å²) in [5.74, 6) is 0.375. The van der Waals surface area contributed by atoms with E-state index in [1.807, 2.05) is 6.92 Å². The van der Waals surface area contributed by atoms with Gasteiger partial charge in [-0.15, -0.1) is 0 Å². The summed E-state index contributed by atoms with van der Waals surface area (Å²) in [4.78, 5) is 4.28. The molecule has 0 saturated carbocycles. The van der Waals surface area contributed by atoms with Gasteiger partial charge in [0.15, 0.2) is 5.96 Å². The lowest BCUT2D eigenvalue weighted by Gasteiger charge is -2.17. The molecular formula is C34H65N3O9. The summed E-state index contributed by atoms with van der Waals surface area (Å²) in [5.41, 5.74) is 5.89. The Hall–Kier alpha value is -1.87. The number of hydrogen-bond acceptors (Lipinski definition) is 10. The molecule has 12 heteroatoms. The second-order valence-corrected chi connectivity index (χ2v) is 13.5. The van der Waals surface area contributed by atoms with Gasteiger partial charge >= 0.3 is 0 Å². The minimum Gasteiger partial charge on any atom is -0.393 e. The van der Waals surface area contributed by atoms with Crippen LogP contribution in [0.25, 0.3) is 0 Å². The van der Waals surface area contributed by atoms with E-state index < -0.39 is 54.9 Å². The van der Waals surface area contributed by atoms with Gasteiger partial charge in [0.1, 0.15) is 0 Å². The van der Waals surface area contributed by atoms with Gasteiger partial charge in [0.25, 0.3) is 0 Å². The highest BCUT2D eigenvalue weighted by Crippen LogP contribution is 2.14. The van der Waals surface area contributed by atoms with Gasteiger partial charge in [0.05, 0.1) is 54.9 Å². The molecule has 0 aromatic heterocycles. The third-order valence-corrected chi connectivity index (χ3v) is 7.14. The molecule has 0 aliphatic carbocycles. The van der Waals surface area contributed by atoms with E-state index in [0.717, 1.165) is 0 Å². The minimum absolute atomic E-state index is 0.000913. The molecule has 0 aliphatic heterocycles. The average molecular weight is 660 g/mol. The average Bonchev–Trinajstić information content (AvgIpc) is 2.93. The number of rotatable bonds is 25. The monoisotopic (exact) mass is 659 g/mol. The van der Waals surface area contributed by atoms with E-state index in [1.165, 1.54) is 18.2 Å². The van der Waals surface area contributed by atoms with Crippen LogP contribution in [0.1, 0.15) is 98.3 Å². The van der Waals surface area contributed by atoms with Crippen LogP contribution >= 0.6 is 0 Å². The molecule has 0 saturated heterocycles. The number of aliphatic hydroxyl groups excluding tert-OH is 9. The lowest BCUT2D eigenvalue weighted by atomic mass is 9.97. The number of nitrogens with zero attached hydrogens (tertiary/aromatic N) is 1. The predicted molar refractivity (Wildman–Crippen MR) is 182 cm³/mol. The van der Waals surface area contributed by atoms with Crippen molar-refractivity contribution in [2.75, 3.05) is 13.1 Å². The van der Waals surface area contributed by atoms with Crippen molar-refractivity contribution in [3.8, 4) is 0 Å². The van der Waals surface area contributed by atoms with Crippen molar-refractivity contribution in [2.24, 2.45) is 16.1 Å². The van der Waals surface area contributed by atoms with Crippen LogP contribution in [-0.2, 0) is 0 Å². The van der Waals surface area contributed by atoms with Crippen molar-refractivity contribution in [3.63, 3.8) is 0 Å². The summed E-state index contributed by atoms with van der Waals surface area (Å²) in [6.07, 6.45) is 4.65. The predicted octanol–water partition coefficient (Wildman–Crippen LogP) is 1.16. The first-order valence-corrected chi connectivity index (χ1v) is 16.7. The molecule has 0 aliphatic rings. The van der Waals surface area contributed by atoms with Crippen LogP contribution in [0.2, 0.25) is 0 Å². The smallest absolute Gasteiger partial charge is 0.188 e. The first-order valence-electron chi connectivity index (χ1n) is 16.7. The van der Waals surface area contributed by atoms with Crippen molar-refractivity contribution < 1.29 is 46.0 Å². The minimum atomic E-state index is -0.981. The third-order valence-electron chi connectivity index (χ3n) is 7.14. The molecule has 0 bridgehead atoms. The Bertz CT molecular complexity index is 878. The lowest BCUT2D eigenvalue weighted by Crippen LogP contribution is -2.33. The molecule has 9 atom stereocenters. The first-order chi connectivity index (χ1) is 21.5. The highest BCUT2D eigenvalue weighted by molar-refractivity contribution is 5.77. The molecule has 9 unspecified atom stereocenters. The highest BCUT2D eigenvalue weighted by Gasteiger charge is 2.16. The molecule has 0 aromatic carbocycles. The van der Waals surface area contributed by atoms with Crippen molar-refractivity contribution in [2.45, 2.75) is 153 Å². The van der Waals surface area contributed by atoms with E-state index >= 15 is 0 Å². The van der Waals surface area contributed by atoms with E-state index in [2.05, 4.69) is 31.1 Å². The lowest BCUT2D eigenvalue weighted by molar-refractivity contribution is 0.0523. The quantitative estimate of drug-likeness (QED) is 0.0288. The maximum atomic E-state index is 10.2. The van der Waals surface area contributed by atoms with E-state index in [1.54, 1.807) is 18.2 Å². The molecular weight excluding hydrogens is 594 g/mol. The molecule has 0 heterocycles. The van der Waals surface area contributed by atoms with Crippen LogP contribution in [0.15, 0.2) is 41.4 Å². The third kappa shape index (κ3) is 27.3. The van der Waals surface area contributed by atoms with E-state index in [9.17, 15) is 46.0 Å². The molecule has 270 valence electrons. The Kier molecular flexibility index (Phi) is 24.2. The van der Waals surface area contributed by atoms with Gasteiger partial charge in [-0.25, -0.2) is 0 Å². The van der Waals surface area contributed by atoms with Crippen molar-refractivity contribution in [3.05, 3.63) is 36.5 Å². The molecule has 12 N–H and O–H groups in total. The molecule has 0 spiro atoms. The zero-order chi connectivity index (χ0) is 35.1. The Morgan fingerprint density at radius 3 is 1.50 bits per heavy atom. The summed E-state index contributed by atoms with van der Waals surface area (Å²) in [6, 6.07) is 0. The number of guanidine groups is 1. The van der Waals surface area contributed by atoms with Crippen LogP contribution in [0.4, 0.5) is 0 Å². The topological polar surface area (TPSA) is 232 Å². The fourth-order valence-electron chi connectivity index (χ4n) is 4.48. The van der Waals surface area contributed by atoms with Crippen LogP contribution in [-0.4, -0.2) is 120 Å². The van der Waals surface area contributed by atoms with E-state index in [4.69, 9.17) is 5.73 Å². The summed E-state index contributed by atoms with van der Waals surface area (Å²) in [7, 11) is 0. The second kappa shape index (κ2) is 25.2.